The quantitative estimate of drug-likeness (QED) is 0.548. The van der Waals surface area contributed by atoms with Crippen LogP contribution >= 0.6 is 0 Å². The van der Waals surface area contributed by atoms with Crippen molar-refractivity contribution in [3.8, 4) is 0 Å². The van der Waals surface area contributed by atoms with E-state index in [0.717, 1.165) is 18.4 Å². The van der Waals surface area contributed by atoms with Crippen LogP contribution in [0.1, 0.15) is 68.1 Å². The normalized spacial score (nSPS) is 32.4. The van der Waals surface area contributed by atoms with Crippen molar-refractivity contribution in [3.05, 3.63) is 35.5 Å². The van der Waals surface area contributed by atoms with Gasteiger partial charge in [0.1, 0.15) is 11.6 Å². The number of aryl methyl sites for hydroxylation is 1. The number of aromatic nitrogens is 6. The van der Waals surface area contributed by atoms with Gasteiger partial charge in [-0.2, -0.15) is 23.3 Å². The molecule has 3 aromatic heterocycles. The molecule has 4 aliphatic carbocycles. The van der Waals surface area contributed by atoms with Crippen molar-refractivity contribution in [3.63, 3.8) is 0 Å². The molecule has 5 aliphatic rings. The smallest absolute Gasteiger partial charge is 0.367 e. The average molecular weight is 486 g/mol. The molecule has 0 aromatic carbocycles. The van der Waals surface area contributed by atoms with Crippen LogP contribution in [-0.2, 0) is 10.2 Å². The minimum Gasteiger partial charge on any atom is -0.367 e. The van der Waals surface area contributed by atoms with Gasteiger partial charge >= 0.3 is 6.18 Å². The van der Waals surface area contributed by atoms with E-state index in [0.29, 0.717) is 47.6 Å². The van der Waals surface area contributed by atoms with Gasteiger partial charge in [-0.1, -0.05) is 0 Å². The minimum atomic E-state index is -4.18. The van der Waals surface area contributed by atoms with Gasteiger partial charge in [0.2, 0.25) is 5.95 Å². The Morgan fingerprint density at radius 2 is 1.83 bits per heavy atom. The molecule has 3 aromatic rings. The molecule has 8 nitrogen and oxygen atoms in total. The first-order chi connectivity index (χ1) is 16.6. The Hall–Kier alpha value is -2.82. The summed E-state index contributed by atoms with van der Waals surface area (Å²) >= 11 is 0. The number of halogens is 3. The number of rotatable bonds is 4. The van der Waals surface area contributed by atoms with Crippen molar-refractivity contribution in [2.75, 3.05) is 18.0 Å². The van der Waals surface area contributed by atoms with Gasteiger partial charge in [-0.15, -0.1) is 0 Å². The highest BCUT2D eigenvalue weighted by Gasteiger charge is 2.79. The van der Waals surface area contributed by atoms with Gasteiger partial charge in [-0.25, -0.2) is 15.0 Å². The van der Waals surface area contributed by atoms with Gasteiger partial charge in [-0.05, 0) is 46.0 Å². The lowest BCUT2D eigenvalue weighted by Crippen LogP contribution is -2.70. The van der Waals surface area contributed by atoms with E-state index in [1.165, 1.54) is 0 Å². The molecule has 0 spiro atoms. The molecule has 2 unspecified atom stereocenters. The summed E-state index contributed by atoms with van der Waals surface area (Å²) in [7, 11) is 0. The molecule has 1 saturated heterocycles. The van der Waals surface area contributed by atoms with Crippen LogP contribution in [0.3, 0.4) is 0 Å². The summed E-state index contributed by atoms with van der Waals surface area (Å²) in [4.78, 5) is 20.7. The molecule has 11 heteroatoms. The maximum absolute atomic E-state index is 13.6. The van der Waals surface area contributed by atoms with Crippen molar-refractivity contribution in [2.45, 2.75) is 75.8 Å². The average Bonchev–Trinajstić information content (AvgIpc) is 3.46. The first kappa shape index (κ1) is 21.5. The van der Waals surface area contributed by atoms with E-state index in [9.17, 15) is 13.2 Å². The van der Waals surface area contributed by atoms with Crippen molar-refractivity contribution in [1.82, 2.24) is 29.7 Å². The van der Waals surface area contributed by atoms with Crippen molar-refractivity contribution >= 4 is 17.1 Å². The van der Waals surface area contributed by atoms with Gasteiger partial charge < -0.3 is 9.64 Å². The zero-order chi connectivity index (χ0) is 24.2. The van der Waals surface area contributed by atoms with E-state index in [4.69, 9.17) is 14.7 Å². The van der Waals surface area contributed by atoms with Crippen molar-refractivity contribution in [1.29, 1.82) is 0 Å². The Kier molecular flexibility index (Phi) is 4.23. The van der Waals surface area contributed by atoms with Crippen LogP contribution in [0.2, 0.25) is 0 Å². The Morgan fingerprint density at radius 1 is 1.06 bits per heavy atom. The highest BCUT2D eigenvalue weighted by Crippen LogP contribution is 2.78. The summed E-state index contributed by atoms with van der Waals surface area (Å²) < 4.78 is 48.9. The van der Waals surface area contributed by atoms with Gasteiger partial charge in [0, 0.05) is 29.9 Å². The monoisotopic (exact) mass is 485 g/mol. The third kappa shape index (κ3) is 3.19. The van der Waals surface area contributed by atoms with Crippen molar-refractivity contribution in [2.24, 2.45) is 5.41 Å². The fourth-order valence-electron chi connectivity index (χ4n) is 6.19. The fraction of sp³-hybridized carbons (Fsp3) is 0.625. The third-order valence-corrected chi connectivity index (χ3v) is 8.11. The Bertz CT molecular complexity index is 1310. The maximum atomic E-state index is 13.6. The molecule has 0 amide bonds. The number of fused-ring (bicyclic) bond motifs is 1. The SMILES string of the molecule is Cc1cnc2c(C34CC(C(F)(F)F)(C3)C4)nc(N3CC(C)OC(c4cnn(C5CC5)c4)C3)nc2n1. The summed E-state index contributed by atoms with van der Waals surface area (Å²) in [6.45, 7) is 4.95. The zero-order valence-corrected chi connectivity index (χ0v) is 19.6. The first-order valence-electron chi connectivity index (χ1n) is 12.2. The highest BCUT2D eigenvalue weighted by atomic mass is 19.4. The van der Waals surface area contributed by atoms with Crippen LogP contribution in [0.15, 0.2) is 18.6 Å². The van der Waals surface area contributed by atoms with E-state index in [1.54, 1.807) is 6.20 Å². The number of anilines is 1. The lowest BCUT2D eigenvalue weighted by molar-refractivity contribution is -0.337. The molecule has 4 heterocycles. The topological polar surface area (TPSA) is 81.9 Å². The summed E-state index contributed by atoms with van der Waals surface area (Å²) in [5, 5.41) is 4.50. The van der Waals surface area contributed by atoms with Crippen LogP contribution in [-0.4, -0.2) is 55.1 Å². The predicted molar refractivity (Wildman–Crippen MR) is 120 cm³/mol. The second kappa shape index (κ2) is 6.89. The molecular weight excluding hydrogens is 459 g/mol. The molecule has 5 fully saturated rings. The Labute approximate surface area is 199 Å². The predicted octanol–water partition coefficient (Wildman–Crippen LogP) is 4.21. The highest BCUT2D eigenvalue weighted by molar-refractivity contribution is 5.76. The molecule has 1 aliphatic heterocycles. The van der Waals surface area contributed by atoms with E-state index in [1.807, 2.05) is 24.7 Å². The first-order valence-corrected chi connectivity index (χ1v) is 12.2. The number of hydrogen-bond donors (Lipinski definition) is 0. The molecule has 8 rings (SSSR count). The number of morpholine rings is 1. The number of nitrogens with zero attached hydrogens (tertiary/aromatic N) is 7. The number of hydrogen-bond acceptors (Lipinski definition) is 7. The molecule has 35 heavy (non-hydrogen) atoms. The Morgan fingerprint density at radius 3 is 2.54 bits per heavy atom. The lowest BCUT2D eigenvalue weighted by Gasteiger charge is -2.70. The van der Waals surface area contributed by atoms with Crippen molar-refractivity contribution < 1.29 is 17.9 Å². The molecule has 0 radical (unpaired) electrons. The lowest BCUT2D eigenvalue weighted by atomic mass is 9.34. The summed E-state index contributed by atoms with van der Waals surface area (Å²) in [6, 6.07) is 0.488. The van der Waals surface area contributed by atoms with E-state index in [2.05, 4.69) is 26.2 Å². The van der Waals surface area contributed by atoms with Gasteiger partial charge in [0.05, 0.1) is 41.7 Å². The minimum absolute atomic E-state index is 0.0626. The van der Waals surface area contributed by atoms with Crippen LogP contribution in [0.25, 0.3) is 11.2 Å². The second-order valence-corrected chi connectivity index (χ2v) is 11.0. The maximum Gasteiger partial charge on any atom is 0.394 e. The standard InChI is InChI=1S/C24H26F3N7O/c1-13-5-28-18-19(22-10-23(11-22,12-22)24(25,26)27)31-21(32-20(18)30-13)33-7-14(2)35-17(9-33)15-6-29-34(8-15)16-3-4-16/h5-6,8,14,16-17H,3-4,7,9-12H2,1-2H3. The molecule has 2 bridgehead atoms. The summed E-state index contributed by atoms with van der Waals surface area (Å²) in [6.07, 6.45) is 3.59. The number of alkyl halides is 3. The fourth-order valence-corrected chi connectivity index (χ4v) is 6.19. The Balaban J connectivity index is 1.24. The number of ether oxygens (including phenoxy) is 1. The van der Waals surface area contributed by atoms with Gasteiger partial charge in [-0.3, -0.25) is 4.68 Å². The molecule has 2 atom stereocenters. The van der Waals surface area contributed by atoms with Gasteiger partial charge in [0.25, 0.3) is 0 Å². The van der Waals surface area contributed by atoms with Crippen LogP contribution < -0.4 is 4.90 Å². The van der Waals surface area contributed by atoms with E-state index >= 15 is 0 Å². The van der Waals surface area contributed by atoms with E-state index < -0.39 is 17.0 Å². The largest absolute Gasteiger partial charge is 0.394 e. The zero-order valence-electron chi connectivity index (χ0n) is 19.6. The molecular formula is C24H26F3N7O. The van der Waals surface area contributed by atoms with E-state index in [-0.39, 0.29) is 31.5 Å². The molecule has 184 valence electrons. The molecule has 4 saturated carbocycles. The van der Waals surface area contributed by atoms with Gasteiger partial charge in [0.15, 0.2) is 5.65 Å². The summed E-state index contributed by atoms with van der Waals surface area (Å²) in [5.41, 5.74) is 1.11. The second-order valence-electron chi connectivity index (χ2n) is 11.0. The van der Waals surface area contributed by atoms with Crippen LogP contribution in [0, 0.1) is 12.3 Å². The van der Waals surface area contributed by atoms with Crippen LogP contribution in [0.4, 0.5) is 19.1 Å². The van der Waals surface area contributed by atoms with Crippen LogP contribution in [0.5, 0.6) is 0 Å². The molecule has 0 N–H and O–H groups in total. The summed E-state index contributed by atoms with van der Waals surface area (Å²) in [5.74, 6) is 0.480. The third-order valence-electron chi connectivity index (χ3n) is 8.11.